The number of carbonyl (C=O) groups is 3. The Labute approximate surface area is 497 Å². The highest BCUT2D eigenvalue weighted by Gasteiger charge is 2.19. The number of ether oxygens (including phenoxy) is 3. The van der Waals surface area contributed by atoms with E-state index in [-0.39, 0.29) is 37.5 Å². The van der Waals surface area contributed by atoms with Crippen LogP contribution >= 0.6 is 0 Å². The number of rotatable bonds is 56. The molecule has 0 heterocycles. The second-order valence-corrected chi connectivity index (χ2v) is 20.6. The van der Waals surface area contributed by atoms with E-state index in [0.29, 0.717) is 19.3 Å². The Morgan fingerprint density at radius 2 is 0.494 bits per heavy atom. The highest BCUT2D eigenvalue weighted by atomic mass is 16.6. The Bertz CT molecular complexity index is 1900. The van der Waals surface area contributed by atoms with Crippen molar-refractivity contribution in [2.75, 3.05) is 13.2 Å². The molecule has 0 radical (unpaired) electrons. The SMILES string of the molecule is CC/C=C\C/C=C\C/C=C\C/C=C\C/C=C\C/C=C\C/C=C\C/C=C\C/C=C\C/C=C\CCCCCCC(=O)OCC(COC(=O)CCCCCCCCCCCCC)OC(=O)CCC/C=C\C/C=C\C/C=C\C/C=C\C/C=C\CC. The molecule has 0 aliphatic carbocycles. The third-order valence-electron chi connectivity index (χ3n) is 12.9. The van der Waals surface area contributed by atoms with Crippen LogP contribution in [0.2, 0.25) is 0 Å². The average molecular weight is 1110 g/mol. The van der Waals surface area contributed by atoms with Gasteiger partial charge in [0.15, 0.2) is 6.10 Å². The monoisotopic (exact) mass is 1110 g/mol. The molecule has 1 atom stereocenters. The predicted octanol–water partition coefficient (Wildman–Crippen LogP) is 22.4. The zero-order chi connectivity index (χ0) is 58.5. The molecular formula is C75H116O6. The van der Waals surface area contributed by atoms with Gasteiger partial charge in [0.1, 0.15) is 13.2 Å². The van der Waals surface area contributed by atoms with Crippen LogP contribution in [-0.4, -0.2) is 37.2 Å². The molecule has 0 aliphatic rings. The van der Waals surface area contributed by atoms with E-state index in [4.69, 9.17) is 14.2 Å². The molecule has 0 aromatic carbocycles. The van der Waals surface area contributed by atoms with E-state index in [1.807, 2.05) is 0 Å². The maximum Gasteiger partial charge on any atom is 0.306 e. The van der Waals surface area contributed by atoms with Crippen LogP contribution in [0, 0.1) is 0 Å². The van der Waals surface area contributed by atoms with E-state index >= 15 is 0 Å². The van der Waals surface area contributed by atoms with Crippen LogP contribution < -0.4 is 0 Å². The summed E-state index contributed by atoms with van der Waals surface area (Å²) in [5.74, 6) is -1.01. The van der Waals surface area contributed by atoms with Gasteiger partial charge in [0.2, 0.25) is 0 Å². The molecule has 0 aliphatic heterocycles. The summed E-state index contributed by atoms with van der Waals surface area (Å²) in [7, 11) is 0. The highest BCUT2D eigenvalue weighted by molar-refractivity contribution is 5.71. The number of hydrogen-bond donors (Lipinski definition) is 0. The van der Waals surface area contributed by atoms with Crippen molar-refractivity contribution < 1.29 is 28.6 Å². The topological polar surface area (TPSA) is 78.9 Å². The first-order chi connectivity index (χ1) is 40.0. The number of unbranched alkanes of at least 4 members (excludes halogenated alkanes) is 15. The van der Waals surface area contributed by atoms with Crippen LogP contribution in [0.15, 0.2) is 182 Å². The van der Waals surface area contributed by atoms with Crippen molar-refractivity contribution in [2.45, 2.75) is 258 Å². The van der Waals surface area contributed by atoms with E-state index in [1.54, 1.807) is 0 Å². The number of esters is 3. The molecule has 0 spiro atoms. The standard InChI is InChI=1S/C75H116O6/c1-4-7-10-13-16-19-22-24-26-28-29-30-31-32-33-34-35-36-37-38-39-40-41-42-43-44-45-47-48-50-53-56-59-62-65-68-74(77)80-71-72(70-79-73(76)67-64-61-58-55-52-21-18-15-12-9-6-3)81-75(78)69-66-63-60-57-54-51-49-46-27-25-23-20-17-14-11-8-5-2/h7-8,10-11,16-17,19-20,24-27,29-30,32-33,35-36,38-39,41-42,44-45,48-51,57,60,72H,4-6,9,12-15,18,21-23,28,31,34,37,40,43,46-47,52-56,58-59,61-71H2,1-3H3/b10-7-,11-8-,19-16-,20-17-,26-24-,27-25-,30-29-,33-32-,36-35-,39-38-,42-41-,45-44-,50-48-,51-49-,60-57-. The van der Waals surface area contributed by atoms with Crippen molar-refractivity contribution in [2.24, 2.45) is 0 Å². The van der Waals surface area contributed by atoms with Gasteiger partial charge < -0.3 is 14.2 Å². The van der Waals surface area contributed by atoms with E-state index in [1.165, 1.54) is 51.4 Å². The lowest BCUT2D eigenvalue weighted by Crippen LogP contribution is -2.30. The zero-order valence-electron chi connectivity index (χ0n) is 51.7. The normalized spacial score (nSPS) is 13.4. The molecule has 1 unspecified atom stereocenters. The van der Waals surface area contributed by atoms with E-state index in [0.717, 1.165) is 154 Å². The zero-order valence-corrected chi connectivity index (χ0v) is 51.7. The van der Waals surface area contributed by atoms with E-state index < -0.39 is 6.10 Å². The fourth-order valence-corrected chi connectivity index (χ4v) is 8.15. The van der Waals surface area contributed by atoms with Crippen molar-refractivity contribution in [3.8, 4) is 0 Å². The summed E-state index contributed by atoms with van der Waals surface area (Å²) < 4.78 is 16.8. The highest BCUT2D eigenvalue weighted by Crippen LogP contribution is 2.14. The molecule has 0 N–H and O–H groups in total. The average Bonchev–Trinajstić information content (AvgIpc) is 3.47. The first kappa shape index (κ1) is 75.5. The molecule has 0 aromatic heterocycles. The maximum atomic E-state index is 12.8. The third kappa shape index (κ3) is 65.2. The first-order valence-corrected chi connectivity index (χ1v) is 32.3. The minimum absolute atomic E-state index is 0.115. The van der Waals surface area contributed by atoms with Crippen LogP contribution in [0.3, 0.4) is 0 Å². The number of carbonyl (C=O) groups excluding carboxylic acids is 3. The summed E-state index contributed by atoms with van der Waals surface area (Å²) in [5.41, 5.74) is 0. The van der Waals surface area contributed by atoms with Gasteiger partial charge in [0.05, 0.1) is 0 Å². The molecule has 0 bridgehead atoms. The predicted molar refractivity (Wildman–Crippen MR) is 352 cm³/mol. The van der Waals surface area contributed by atoms with Gasteiger partial charge in [-0.1, -0.05) is 280 Å². The molecule has 81 heavy (non-hydrogen) atoms. The van der Waals surface area contributed by atoms with Crippen molar-refractivity contribution in [3.05, 3.63) is 182 Å². The van der Waals surface area contributed by atoms with Crippen LogP contribution in [0.4, 0.5) is 0 Å². The smallest absolute Gasteiger partial charge is 0.306 e. The fourth-order valence-electron chi connectivity index (χ4n) is 8.15. The van der Waals surface area contributed by atoms with Gasteiger partial charge in [-0.15, -0.1) is 0 Å². The molecule has 0 rings (SSSR count). The summed E-state index contributed by atoms with van der Waals surface area (Å²) in [6.45, 7) is 6.32. The molecule has 0 saturated carbocycles. The molecule has 452 valence electrons. The van der Waals surface area contributed by atoms with Crippen molar-refractivity contribution in [3.63, 3.8) is 0 Å². The lowest BCUT2D eigenvalue weighted by Gasteiger charge is -2.18. The molecule has 0 saturated heterocycles. The molecular weight excluding hydrogens is 997 g/mol. The van der Waals surface area contributed by atoms with Gasteiger partial charge in [-0.2, -0.15) is 0 Å². The fraction of sp³-hybridized carbons (Fsp3) is 0.560. The number of allylic oxidation sites excluding steroid dienone is 30. The van der Waals surface area contributed by atoms with Crippen LogP contribution in [0.25, 0.3) is 0 Å². The van der Waals surface area contributed by atoms with Crippen molar-refractivity contribution in [1.29, 1.82) is 0 Å². The van der Waals surface area contributed by atoms with Gasteiger partial charge in [-0.05, 0) is 135 Å². The first-order valence-electron chi connectivity index (χ1n) is 32.3. The second kappa shape index (κ2) is 67.0. The van der Waals surface area contributed by atoms with Crippen LogP contribution in [-0.2, 0) is 28.6 Å². The van der Waals surface area contributed by atoms with Crippen molar-refractivity contribution in [1.82, 2.24) is 0 Å². The summed E-state index contributed by atoms with van der Waals surface area (Å²) in [6, 6.07) is 0. The molecule has 0 aromatic rings. The largest absolute Gasteiger partial charge is 0.462 e. The van der Waals surface area contributed by atoms with Gasteiger partial charge in [0, 0.05) is 19.3 Å². The lowest BCUT2D eigenvalue weighted by atomic mass is 10.1. The summed E-state index contributed by atoms with van der Waals surface area (Å²) in [6.07, 6.45) is 101. The Morgan fingerprint density at radius 1 is 0.259 bits per heavy atom. The van der Waals surface area contributed by atoms with Gasteiger partial charge in [0.25, 0.3) is 0 Å². The molecule has 0 fully saturated rings. The van der Waals surface area contributed by atoms with Gasteiger partial charge in [-0.3, -0.25) is 14.4 Å². The molecule has 6 nitrogen and oxygen atoms in total. The minimum atomic E-state index is -0.826. The van der Waals surface area contributed by atoms with E-state index in [9.17, 15) is 14.4 Å². The summed E-state index contributed by atoms with van der Waals surface area (Å²) in [4.78, 5) is 38.2. The number of hydrogen-bond acceptors (Lipinski definition) is 6. The Balaban J connectivity index is 4.37. The Morgan fingerprint density at radius 3 is 0.790 bits per heavy atom. The quantitative estimate of drug-likeness (QED) is 0.0261. The second-order valence-electron chi connectivity index (χ2n) is 20.6. The lowest BCUT2D eigenvalue weighted by molar-refractivity contribution is -0.167. The Kier molecular flexibility index (Phi) is 62.5. The Hall–Kier alpha value is -5.49. The van der Waals surface area contributed by atoms with Crippen molar-refractivity contribution >= 4 is 17.9 Å². The van der Waals surface area contributed by atoms with Gasteiger partial charge >= 0.3 is 17.9 Å². The summed E-state index contributed by atoms with van der Waals surface area (Å²) >= 11 is 0. The molecule has 6 heteroatoms. The van der Waals surface area contributed by atoms with Crippen LogP contribution in [0.1, 0.15) is 252 Å². The van der Waals surface area contributed by atoms with Crippen LogP contribution in [0.5, 0.6) is 0 Å². The third-order valence-corrected chi connectivity index (χ3v) is 12.9. The van der Waals surface area contributed by atoms with E-state index in [2.05, 4.69) is 203 Å². The molecule has 0 amide bonds. The maximum absolute atomic E-state index is 12.8. The minimum Gasteiger partial charge on any atom is -0.462 e. The summed E-state index contributed by atoms with van der Waals surface area (Å²) in [5, 5.41) is 0. The van der Waals surface area contributed by atoms with Gasteiger partial charge in [-0.25, -0.2) is 0 Å².